The molecule has 0 radical (unpaired) electrons. The van der Waals surface area contributed by atoms with Gasteiger partial charge in [0.2, 0.25) is 5.91 Å². The molecule has 0 rings (SSSR count). The van der Waals surface area contributed by atoms with E-state index in [2.05, 4.69) is 0 Å². The lowest BCUT2D eigenvalue weighted by Crippen LogP contribution is -2.49. The molecule has 0 saturated heterocycles. The lowest BCUT2D eigenvalue weighted by Gasteiger charge is -2.30. The number of hydrogen-bond acceptors (Lipinski definition) is 3. The van der Waals surface area contributed by atoms with E-state index >= 15 is 0 Å². The number of hydrogen-bond donors (Lipinski definition) is 1. The third kappa shape index (κ3) is 5.32. The van der Waals surface area contributed by atoms with Crippen molar-refractivity contribution >= 4 is 5.91 Å². The summed E-state index contributed by atoms with van der Waals surface area (Å²) in [5, 5.41) is 0. The third-order valence-electron chi connectivity index (χ3n) is 2.14. The molecular formula is C9H18F3N3O. The largest absolute Gasteiger partial charge is 0.401 e. The first-order valence-corrected chi connectivity index (χ1v) is 4.91. The summed E-state index contributed by atoms with van der Waals surface area (Å²) in [6.45, 7) is 0.454. The van der Waals surface area contributed by atoms with Crippen LogP contribution in [0.3, 0.4) is 0 Å². The van der Waals surface area contributed by atoms with Gasteiger partial charge in [0.25, 0.3) is 0 Å². The van der Waals surface area contributed by atoms with Crippen molar-refractivity contribution in [2.45, 2.75) is 19.1 Å². The highest BCUT2D eigenvalue weighted by molar-refractivity contribution is 5.80. The quantitative estimate of drug-likeness (QED) is 0.752. The second-order valence-corrected chi connectivity index (χ2v) is 3.78. The molecule has 0 spiro atoms. The zero-order valence-electron chi connectivity index (χ0n) is 9.71. The van der Waals surface area contributed by atoms with Crippen LogP contribution < -0.4 is 5.73 Å². The summed E-state index contributed by atoms with van der Waals surface area (Å²) in [7, 11) is 3.01. The van der Waals surface area contributed by atoms with Crippen LogP contribution in [0.2, 0.25) is 0 Å². The van der Waals surface area contributed by atoms with Gasteiger partial charge in [-0.3, -0.25) is 9.69 Å². The summed E-state index contributed by atoms with van der Waals surface area (Å²) in [6.07, 6.45) is -4.32. The van der Waals surface area contributed by atoms with Crippen molar-refractivity contribution in [3.8, 4) is 0 Å². The number of alkyl halides is 3. The summed E-state index contributed by atoms with van der Waals surface area (Å²) in [5.41, 5.74) is 5.23. The van der Waals surface area contributed by atoms with E-state index in [-0.39, 0.29) is 19.0 Å². The van der Waals surface area contributed by atoms with Crippen molar-refractivity contribution in [3.63, 3.8) is 0 Å². The highest BCUT2D eigenvalue weighted by Crippen LogP contribution is 2.18. The lowest BCUT2D eigenvalue weighted by atomic mass is 10.2. The monoisotopic (exact) mass is 241 g/mol. The molecule has 0 fully saturated rings. The summed E-state index contributed by atoms with van der Waals surface area (Å²) >= 11 is 0. The van der Waals surface area contributed by atoms with Gasteiger partial charge in [0.15, 0.2) is 0 Å². The molecule has 1 unspecified atom stereocenters. The zero-order valence-corrected chi connectivity index (χ0v) is 9.71. The lowest BCUT2D eigenvalue weighted by molar-refractivity contribution is -0.156. The Balaban J connectivity index is 4.58. The standard InChI is InChI=1S/C9H18F3N3O/c1-7(8(16)14(2)3)15(5-4-13)6-9(10,11)12/h7H,4-6,13H2,1-3H3. The molecule has 0 aliphatic carbocycles. The van der Waals surface area contributed by atoms with E-state index < -0.39 is 18.8 Å². The second kappa shape index (κ2) is 6.05. The van der Waals surface area contributed by atoms with E-state index in [1.807, 2.05) is 0 Å². The average Bonchev–Trinajstić information content (AvgIpc) is 2.12. The Morgan fingerprint density at radius 2 is 1.88 bits per heavy atom. The van der Waals surface area contributed by atoms with Crippen LogP contribution in [0.25, 0.3) is 0 Å². The summed E-state index contributed by atoms with van der Waals surface area (Å²) in [6, 6.07) is -0.819. The number of halogens is 3. The van der Waals surface area contributed by atoms with Crippen LogP contribution in [0.1, 0.15) is 6.92 Å². The SMILES string of the molecule is CC(C(=O)N(C)C)N(CCN)CC(F)(F)F. The topological polar surface area (TPSA) is 49.6 Å². The van der Waals surface area contributed by atoms with Crippen molar-refractivity contribution in [2.75, 3.05) is 33.7 Å². The zero-order chi connectivity index (χ0) is 12.9. The predicted molar refractivity (Wildman–Crippen MR) is 54.8 cm³/mol. The number of carbonyl (C=O) groups excluding carboxylic acids is 1. The van der Waals surface area contributed by atoms with Crippen molar-refractivity contribution in [3.05, 3.63) is 0 Å². The first-order valence-electron chi connectivity index (χ1n) is 4.91. The van der Waals surface area contributed by atoms with E-state index in [9.17, 15) is 18.0 Å². The molecule has 16 heavy (non-hydrogen) atoms. The van der Waals surface area contributed by atoms with Crippen molar-refractivity contribution in [1.82, 2.24) is 9.80 Å². The molecular weight excluding hydrogens is 223 g/mol. The van der Waals surface area contributed by atoms with Gasteiger partial charge in [0.05, 0.1) is 12.6 Å². The van der Waals surface area contributed by atoms with Crippen LogP contribution in [0, 0.1) is 0 Å². The number of nitrogens with zero attached hydrogens (tertiary/aromatic N) is 2. The Morgan fingerprint density at radius 3 is 2.19 bits per heavy atom. The van der Waals surface area contributed by atoms with E-state index in [0.717, 1.165) is 4.90 Å². The molecule has 0 heterocycles. The molecule has 0 aliphatic heterocycles. The molecule has 1 amide bonds. The minimum absolute atomic E-state index is 0.0419. The van der Waals surface area contributed by atoms with Crippen LogP contribution in [0.15, 0.2) is 0 Å². The number of likely N-dealkylation sites (N-methyl/N-ethyl adjacent to an activating group) is 1. The molecule has 0 aromatic carbocycles. The molecule has 0 saturated carbocycles. The molecule has 4 nitrogen and oxygen atoms in total. The Morgan fingerprint density at radius 1 is 1.38 bits per heavy atom. The maximum Gasteiger partial charge on any atom is 0.401 e. The van der Waals surface area contributed by atoms with Gasteiger partial charge < -0.3 is 10.6 Å². The van der Waals surface area contributed by atoms with Crippen LogP contribution in [-0.2, 0) is 4.79 Å². The Kier molecular flexibility index (Phi) is 5.74. The Bertz CT molecular complexity index is 231. The van der Waals surface area contributed by atoms with Gasteiger partial charge in [-0.25, -0.2) is 0 Å². The highest BCUT2D eigenvalue weighted by atomic mass is 19.4. The van der Waals surface area contributed by atoms with Crippen molar-refractivity contribution in [2.24, 2.45) is 5.73 Å². The van der Waals surface area contributed by atoms with E-state index in [4.69, 9.17) is 5.73 Å². The van der Waals surface area contributed by atoms with Gasteiger partial charge in [0.1, 0.15) is 0 Å². The summed E-state index contributed by atoms with van der Waals surface area (Å²) < 4.78 is 36.7. The Labute approximate surface area is 93.2 Å². The summed E-state index contributed by atoms with van der Waals surface area (Å²) in [4.78, 5) is 13.8. The highest BCUT2D eigenvalue weighted by Gasteiger charge is 2.34. The Hall–Kier alpha value is -0.820. The molecule has 7 heteroatoms. The molecule has 96 valence electrons. The molecule has 2 N–H and O–H groups in total. The number of carbonyl (C=O) groups is 1. The molecule has 0 aromatic heterocycles. The van der Waals surface area contributed by atoms with E-state index in [0.29, 0.717) is 0 Å². The van der Waals surface area contributed by atoms with E-state index in [1.165, 1.54) is 25.9 Å². The average molecular weight is 241 g/mol. The molecule has 0 bridgehead atoms. The van der Waals surface area contributed by atoms with Crippen LogP contribution in [0.5, 0.6) is 0 Å². The smallest absolute Gasteiger partial charge is 0.347 e. The number of amides is 1. The molecule has 0 aliphatic rings. The van der Waals surface area contributed by atoms with Gasteiger partial charge >= 0.3 is 6.18 Å². The van der Waals surface area contributed by atoms with Gasteiger partial charge in [-0.2, -0.15) is 13.2 Å². The second-order valence-electron chi connectivity index (χ2n) is 3.78. The normalized spacial score (nSPS) is 14.0. The predicted octanol–water partition coefficient (Wildman–Crippen LogP) is 0.286. The first-order chi connectivity index (χ1) is 7.19. The molecule has 1 atom stereocenters. The van der Waals surface area contributed by atoms with Crippen molar-refractivity contribution in [1.29, 1.82) is 0 Å². The minimum Gasteiger partial charge on any atom is -0.347 e. The minimum atomic E-state index is -4.32. The fraction of sp³-hybridized carbons (Fsp3) is 0.889. The van der Waals surface area contributed by atoms with Gasteiger partial charge in [-0.05, 0) is 6.92 Å². The molecule has 0 aromatic rings. The van der Waals surface area contributed by atoms with Crippen LogP contribution in [0.4, 0.5) is 13.2 Å². The fourth-order valence-corrected chi connectivity index (χ4v) is 1.34. The fourth-order valence-electron chi connectivity index (χ4n) is 1.34. The first kappa shape index (κ1) is 15.2. The van der Waals surface area contributed by atoms with Gasteiger partial charge in [-0.1, -0.05) is 0 Å². The number of rotatable bonds is 5. The van der Waals surface area contributed by atoms with Gasteiger partial charge in [-0.15, -0.1) is 0 Å². The van der Waals surface area contributed by atoms with E-state index in [1.54, 1.807) is 0 Å². The maximum absolute atomic E-state index is 12.2. The van der Waals surface area contributed by atoms with Crippen LogP contribution in [-0.4, -0.2) is 61.7 Å². The number of nitrogens with two attached hydrogens (primary N) is 1. The third-order valence-corrected chi connectivity index (χ3v) is 2.14. The summed E-state index contributed by atoms with van der Waals surface area (Å²) in [5.74, 6) is -0.363. The van der Waals surface area contributed by atoms with Crippen molar-refractivity contribution < 1.29 is 18.0 Å². The van der Waals surface area contributed by atoms with Gasteiger partial charge in [0, 0.05) is 27.2 Å². The van der Waals surface area contributed by atoms with Crippen LogP contribution >= 0.6 is 0 Å². The maximum atomic E-state index is 12.2.